The molecular weight excluding hydrogens is 253 g/mol. The molecule has 94 valence electrons. The monoisotopic (exact) mass is 271 g/mol. The normalized spacial score (nSPS) is 17.1. The molecule has 0 aliphatic heterocycles. The van der Waals surface area contributed by atoms with Crippen LogP contribution in [0.15, 0.2) is 18.2 Å². The Balaban J connectivity index is 1.91. The fourth-order valence-electron chi connectivity index (χ4n) is 2.14. The summed E-state index contributed by atoms with van der Waals surface area (Å²) in [5.74, 6) is 0.992. The van der Waals surface area contributed by atoms with Gasteiger partial charge in [-0.2, -0.15) is 0 Å². The second-order valence-corrected chi connectivity index (χ2v) is 5.79. The van der Waals surface area contributed by atoms with Gasteiger partial charge in [-0.25, -0.2) is 0 Å². The highest BCUT2D eigenvalue weighted by atomic mass is 35.5. The minimum atomic E-state index is 0.522. The van der Waals surface area contributed by atoms with Gasteiger partial charge in [0, 0.05) is 16.1 Å². The van der Waals surface area contributed by atoms with Crippen molar-refractivity contribution in [2.24, 2.45) is 5.92 Å². The smallest absolute Gasteiger partial charge is 0.0453 e. The first kappa shape index (κ1) is 13.2. The van der Waals surface area contributed by atoms with E-state index in [1.165, 1.54) is 31.2 Å². The molecule has 1 atom stereocenters. The largest absolute Gasteiger partial charge is 0.317 e. The molecule has 3 heteroatoms. The number of nitrogens with one attached hydrogen (secondary N) is 1. The van der Waals surface area contributed by atoms with Crippen LogP contribution < -0.4 is 5.32 Å². The third-order valence-electron chi connectivity index (χ3n) is 3.51. The quantitative estimate of drug-likeness (QED) is 0.813. The zero-order valence-corrected chi connectivity index (χ0v) is 11.7. The van der Waals surface area contributed by atoms with Gasteiger partial charge in [-0.15, -0.1) is 0 Å². The van der Waals surface area contributed by atoms with Crippen molar-refractivity contribution in [3.63, 3.8) is 0 Å². The third-order valence-corrected chi connectivity index (χ3v) is 4.10. The molecule has 0 aromatic heterocycles. The van der Waals surface area contributed by atoms with Crippen LogP contribution in [0.5, 0.6) is 0 Å². The number of halogens is 2. The molecule has 2 rings (SSSR count). The highest BCUT2D eigenvalue weighted by Gasteiger charge is 2.22. The summed E-state index contributed by atoms with van der Waals surface area (Å²) in [6, 6.07) is 6.29. The fourth-order valence-corrected chi connectivity index (χ4v) is 2.63. The molecule has 1 aliphatic rings. The minimum Gasteiger partial charge on any atom is -0.317 e. The highest BCUT2D eigenvalue weighted by Crippen LogP contribution is 2.34. The lowest BCUT2D eigenvalue weighted by atomic mass is 10.0. The second-order valence-electron chi connectivity index (χ2n) is 4.95. The summed E-state index contributed by atoms with van der Waals surface area (Å²) < 4.78 is 0. The number of hydrogen-bond donors (Lipinski definition) is 1. The van der Waals surface area contributed by atoms with Crippen molar-refractivity contribution in [2.75, 3.05) is 7.05 Å². The van der Waals surface area contributed by atoms with E-state index in [0.717, 1.165) is 17.4 Å². The van der Waals surface area contributed by atoms with Gasteiger partial charge >= 0.3 is 0 Å². The number of likely N-dealkylation sites (N-methyl/N-ethyl adjacent to an activating group) is 1. The van der Waals surface area contributed by atoms with E-state index in [2.05, 4.69) is 5.32 Å². The Kier molecular flexibility index (Phi) is 4.72. The molecule has 1 nitrogen and oxygen atoms in total. The molecule has 1 aromatic carbocycles. The third kappa shape index (κ3) is 4.17. The van der Waals surface area contributed by atoms with Crippen LogP contribution in [-0.4, -0.2) is 13.1 Å². The molecule has 0 heterocycles. The Labute approximate surface area is 114 Å². The van der Waals surface area contributed by atoms with E-state index < -0.39 is 0 Å². The molecule has 0 amide bonds. The number of rotatable bonds is 6. The molecule has 0 saturated heterocycles. The van der Waals surface area contributed by atoms with Crippen molar-refractivity contribution in [3.8, 4) is 0 Å². The van der Waals surface area contributed by atoms with E-state index in [1.54, 1.807) is 0 Å². The maximum absolute atomic E-state index is 6.19. The van der Waals surface area contributed by atoms with Crippen molar-refractivity contribution in [1.82, 2.24) is 5.32 Å². The molecule has 17 heavy (non-hydrogen) atoms. The van der Waals surface area contributed by atoms with Crippen LogP contribution in [0.2, 0.25) is 10.0 Å². The first-order valence-electron chi connectivity index (χ1n) is 6.30. The minimum absolute atomic E-state index is 0.522. The Morgan fingerprint density at radius 1 is 1.35 bits per heavy atom. The van der Waals surface area contributed by atoms with Crippen LogP contribution in [0.25, 0.3) is 0 Å². The maximum atomic E-state index is 6.19. The average molecular weight is 272 g/mol. The molecule has 0 radical (unpaired) electrons. The Hall–Kier alpha value is -0.240. The van der Waals surface area contributed by atoms with E-state index in [0.29, 0.717) is 11.1 Å². The number of benzene rings is 1. The van der Waals surface area contributed by atoms with Crippen LogP contribution in [-0.2, 0) is 6.42 Å². The van der Waals surface area contributed by atoms with Gasteiger partial charge in [0.1, 0.15) is 0 Å². The van der Waals surface area contributed by atoms with Gasteiger partial charge in [-0.3, -0.25) is 0 Å². The van der Waals surface area contributed by atoms with E-state index in [-0.39, 0.29) is 0 Å². The maximum Gasteiger partial charge on any atom is 0.0453 e. The second kappa shape index (κ2) is 6.08. The average Bonchev–Trinajstić information content (AvgIpc) is 3.11. The lowest BCUT2D eigenvalue weighted by Crippen LogP contribution is -2.27. The van der Waals surface area contributed by atoms with Crippen LogP contribution in [0, 0.1) is 5.92 Å². The molecule has 1 aromatic rings. The molecule has 1 saturated carbocycles. The van der Waals surface area contributed by atoms with Crippen LogP contribution in [0.4, 0.5) is 0 Å². The van der Waals surface area contributed by atoms with E-state index in [4.69, 9.17) is 23.2 Å². The Morgan fingerprint density at radius 3 is 2.71 bits per heavy atom. The zero-order chi connectivity index (χ0) is 12.3. The lowest BCUT2D eigenvalue weighted by Gasteiger charge is -2.17. The van der Waals surface area contributed by atoms with Gasteiger partial charge in [-0.1, -0.05) is 42.1 Å². The van der Waals surface area contributed by atoms with E-state index in [1.807, 2.05) is 25.2 Å². The number of hydrogen-bond acceptors (Lipinski definition) is 1. The SMILES string of the molecule is CNC(CCC1CC1)Cc1ccc(Cl)cc1Cl. The molecule has 1 N–H and O–H groups in total. The zero-order valence-electron chi connectivity index (χ0n) is 10.2. The van der Waals surface area contributed by atoms with Crippen molar-refractivity contribution in [2.45, 2.75) is 38.1 Å². The van der Waals surface area contributed by atoms with Crippen LogP contribution in [0.1, 0.15) is 31.2 Å². The van der Waals surface area contributed by atoms with Crippen molar-refractivity contribution in [3.05, 3.63) is 33.8 Å². The van der Waals surface area contributed by atoms with Crippen LogP contribution in [0.3, 0.4) is 0 Å². The summed E-state index contributed by atoms with van der Waals surface area (Å²) in [6.07, 6.45) is 6.42. The van der Waals surface area contributed by atoms with Gasteiger partial charge in [0.25, 0.3) is 0 Å². The van der Waals surface area contributed by atoms with Crippen molar-refractivity contribution < 1.29 is 0 Å². The Morgan fingerprint density at radius 2 is 2.12 bits per heavy atom. The molecule has 0 bridgehead atoms. The summed E-state index contributed by atoms with van der Waals surface area (Å²) in [5, 5.41) is 4.87. The molecule has 0 spiro atoms. The van der Waals surface area contributed by atoms with E-state index >= 15 is 0 Å². The Bertz CT molecular complexity index is 374. The fraction of sp³-hybridized carbons (Fsp3) is 0.571. The van der Waals surface area contributed by atoms with Gasteiger partial charge in [0.2, 0.25) is 0 Å². The standard InChI is InChI=1S/C14H19Cl2N/c1-17-13(7-4-10-2-3-10)8-11-5-6-12(15)9-14(11)16/h5-6,9-10,13,17H,2-4,7-8H2,1H3. The summed E-state index contributed by atoms with van der Waals surface area (Å²) in [5.41, 5.74) is 1.19. The first-order valence-corrected chi connectivity index (χ1v) is 7.06. The van der Waals surface area contributed by atoms with Crippen molar-refractivity contribution in [1.29, 1.82) is 0 Å². The molecule has 1 unspecified atom stereocenters. The summed E-state index contributed by atoms with van der Waals surface area (Å²) in [6.45, 7) is 0. The van der Waals surface area contributed by atoms with Gasteiger partial charge < -0.3 is 5.32 Å². The van der Waals surface area contributed by atoms with Gasteiger partial charge in [0.05, 0.1) is 0 Å². The van der Waals surface area contributed by atoms with Gasteiger partial charge in [0.15, 0.2) is 0 Å². The van der Waals surface area contributed by atoms with Crippen molar-refractivity contribution >= 4 is 23.2 Å². The molecular formula is C14H19Cl2N. The first-order chi connectivity index (χ1) is 8.19. The topological polar surface area (TPSA) is 12.0 Å². The lowest BCUT2D eigenvalue weighted by molar-refractivity contribution is 0.485. The highest BCUT2D eigenvalue weighted by molar-refractivity contribution is 6.35. The summed E-state index contributed by atoms with van der Waals surface area (Å²) >= 11 is 12.1. The summed E-state index contributed by atoms with van der Waals surface area (Å²) in [7, 11) is 2.03. The predicted molar refractivity (Wildman–Crippen MR) is 75.0 cm³/mol. The predicted octanol–water partition coefficient (Wildman–Crippen LogP) is 4.31. The van der Waals surface area contributed by atoms with Gasteiger partial charge in [-0.05, 0) is 49.9 Å². The molecule has 1 aliphatic carbocycles. The summed E-state index contributed by atoms with van der Waals surface area (Å²) in [4.78, 5) is 0. The van der Waals surface area contributed by atoms with Crippen LogP contribution >= 0.6 is 23.2 Å². The van der Waals surface area contributed by atoms with E-state index in [9.17, 15) is 0 Å². The molecule has 1 fully saturated rings.